The molecule has 0 spiro atoms. The van der Waals surface area contributed by atoms with E-state index < -0.39 is 11.6 Å². The van der Waals surface area contributed by atoms with Crippen molar-refractivity contribution < 1.29 is 19.1 Å². The van der Waals surface area contributed by atoms with Crippen LogP contribution in [0.5, 0.6) is 11.5 Å². The lowest BCUT2D eigenvalue weighted by molar-refractivity contribution is 0.0727. The molecular formula is C17H12O5. The lowest BCUT2D eigenvalue weighted by Crippen LogP contribution is -2.15. The molecular weight excluding hydrogens is 284 g/mol. The average molecular weight is 296 g/mol. The number of phenols is 1. The monoisotopic (exact) mass is 296 g/mol. The number of benzene rings is 2. The van der Waals surface area contributed by atoms with Gasteiger partial charge in [-0.15, -0.1) is 0 Å². The molecule has 1 N–H and O–H groups in total. The first kappa shape index (κ1) is 13.9. The summed E-state index contributed by atoms with van der Waals surface area (Å²) in [4.78, 5) is 24.1. The summed E-state index contributed by atoms with van der Waals surface area (Å²) in [5, 5.41) is 10.0. The van der Waals surface area contributed by atoms with E-state index in [-0.39, 0.29) is 17.1 Å². The number of hydrogen-bond acceptors (Lipinski definition) is 5. The third-order valence-corrected chi connectivity index (χ3v) is 3.30. The van der Waals surface area contributed by atoms with Crippen LogP contribution in [0.2, 0.25) is 0 Å². The molecule has 0 saturated heterocycles. The molecule has 2 aromatic carbocycles. The summed E-state index contributed by atoms with van der Waals surface area (Å²) in [5.74, 6) is -0.787. The standard InChI is InChI=1S/C17H12O5/c1-10-13-8-7-12(18)9-14(13)21-17(20)15(10)22-16(19)11-5-3-2-4-6-11/h2-9,18H,1H3. The van der Waals surface area contributed by atoms with Gasteiger partial charge < -0.3 is 14.3 Å². The Balaban J connectivity index is 2.06. The van der Waals surface area contributed by atoms with E-state index in [9.17, 15) is 14.7 Å². The van der Waals surface area contributed by atoms with Crippen LogP contribution < -0.4 is 10.4 Å². The van der Waals surface area contributed by atoms with E-state index in [2.05, 4.69) is 0 Å². The first-order chi connectivity index (χ1) is 10.6. The van der Waals surface area contributed by atoms with Crippen molar-refractivity contribution >= 4 is 16.9 Å². The average Bonchev–Trinajstić information content (AvgIpc) is 2.51. The summed E-state index contributed by atoms with van der Waals surface area (Å²) in [5.41, 5.74) is 0.296. The maximum Gasteiger partial charge on any atom is 0.380 e. The molecule has 110 valence electrons. The highest BCUT2D eigenvalue weighted by molar-refractivity contribution is 5.92. The predicted molar refractivity (Wildman–Crippen MR) is 80.3 cm³/mol. The lowest BCUT2D eigenvalue weighted by atomic mass is 10.1. The second kappa shape index (κ2) is 5.37. The molecule has 0 unspecified atom stereocenters. The first-order valence-corrected chi connectivity index (χ1v) is 6.60. The Morgan fingerprint density at radius 1 is 1.14 bits per heavy atom. The summed E-state index contributed by atoms with van der Waals surface area (Å²) in [7, 11) is 0. The molecule has 5 heteroatoms. The molecule has 0 bridgehead atoms. The van der Waals surface area contributed by atoms with Crippen molar-refractivity contribution in [3.05, 3.63) is 70.1 Å². The summed E-state index contributed by atoms with van der Waals surface area (Å²) in [6, 6.07) is 12.8. The number of esters is 1. The van der Waals surface area contributed by atoms with E-state index in [1.807, 2.05) is 0 Å². The molecule has 0 saturated carbocycles. The van der Waals surface area contributed by atoms with Crippen LogP contribution in [-0.4, -0.2) is 11.1 Å². The van der Waals surface area contributed by atoms with E-state index >= 15 is 0 Å². The Hall–Kier alpha value is -3.08. The molecule has 0 aliphatic heterocycles. The van der Waals surface area contributed by atoms with Crippen molar-refractivity contribution in [1.82, 2.24) is 0 Å². The Labute approximate surface area is 125 Å². The van der Waals surface area contributed by atoms with Crippen molar-refractivity contribution in [2.75, 3.05) is 0 Å². The highest BCUT2D eigenvalue weighted by atomic mass is 16.5. The zero-order valence-corrected chi connectivity index (χ0v) is 11.7. The van der Waals surface area contributed by atoms with E-state index in [1.54, 1.807) is 43.3 Å². The molecule has 5 nitrogen and oxygen atoms in total. The fourth-order valence-corrected chi connectivity index (χ4v) is 2.17. The van der Waals surface area contributed by atoms with Gasteiger partial charge in [-0.1, -0.05) is 18.2 Å². The van der Waals surface area contributed by atoms with Crippen LogP contribution in [-0.2, 0) is 0 Å². The molecule has 1 aromatic heterocycles. The zero-order valence-electron chi connectivity index (χ0n) is 11.7. The summed E-state index contributed by atoms with van der Waals surface area (Å²) in [6.45, 7) is 1.66. The maximum absolute atomic E-state index is 12.1. The van der Waals surface area contributed by atoms with Crippen LogP contribution in [0.1, 0.15) is 15.9 Å². The molecule has 0 fully saturated rings. The van der Waals surface area contributed by atoms with Crippen molar-refractivity contribution in [3.63, 3.8) is 0 Å². The van der Waals surface area contributed by atoms with Gasteiger partial charge in [0.1, 0.15) is 11.3 Å². The number of carbonyl (C=O) groups excluding carboxylic acids is 1. The number of rotatable bonds is 2. The minimum Gasteiger partial charge on any atom is -0.508 e. The zero-order chi connectivity index (χ0) is 15.7. The van der Waals surface area contributed by atoms with Crippen molar-refractivity contribution in [2.45, 2.75) is 6.92 Å². The number of carbonyl (C=O) groups is 1. The molecule has 3 rings (SSSR count). The van der Waals surface area contributed by atoms with Gasteiger partial charge in [-0.2, -0.15) is 0 Å². The summed E-state index contributed by atoms with van der Waals surface area (Å²) < 4.78 is 10.3. The van der Waals surface area contributed by atoms with Gasteiger partial charge in [0.25, 0.3) is 0 Å². The number of hydrogen-bond donors (Lipinski definition) is 1. The number of ether oxygens (including phenoxy) is 1. The van der Waals surface area contributed by atoms with Crippen LogP contribution in [0.4, 0.5) is 0 Å². The minimum absolute atomic E-state index is 0.0101. The SMILES string of the molecule is Cc1c(OC(=O)c2ccccc2)c(=O)oc2cc(O)ccc12. The third kappa shape index (κ3) is 2.44. The van der Waals surface area contributed by atoms with Gasteiger partial charge in [-0.05, 0) is 31.2 Å². The minimum atomic E-state index is -0.764. The highest BCUT2D eigenvalue weighted by Gasteiger charge is 2.17. The second-order valence-electron chi connectivity index (χ2n) is 4.78. The van der Waals surface area contributed by atoms with Crippen LogP contribution in [0.15, 0.2) is 57.7 Å². The van der Waals surface area contributed by atoms with E-state index in [4.69, 9.17) is 9.15 Å². The Kier molecular flexibility index (Phi) is 3.39. The van der Waals surface area contributed by atoms with E-state index in [1.165, 1.54) is 12.1 Å². The van der Waals surface area contributed by atoms with Crippen LogP contribution >= 0.6 is 0 Å². The highest BCUT2D eigenvalue weighted by Crippen LogP contribution is 2.26. The molecule has 0 amide bonds. The Bertz CT molecular complexity index is 909. The van der Waals surface area contributed by atoms with Gasteiger partial charge in [0.15, 0.2) is 0 Å². The smallest absolute Gasteiger partial charge is 0.380 e. The molecule has 3 aromatic rings. The largest absolute Gasteiger partial charge is 0.508 e. The van der Waals surface area contributed by atoms with Crippen LogP contribution in [0.25, 0.3) is 11.0 Å². The van der Waals surface area contributed by atoms with Gasteiger partial charge in [-0.25, -0.2) is 9.59 Å². The van der Waals surface area contributed by atoms with Gasteiger partial charge in [0.05, 0.1) is 5.56 Å². The third-order valence-electron chi connectivity index (χ3n) is 3.30. The number of aromatic hydroxyl groups is 1. The lowest BCUT2D eigenvalue weighted by Gasteiger charge is -2.08. The van der Waals surface area contributed by atoms with Crippen LogP contribution in [0, 0.1) is 6.92 Å². The van der Waals surface area contributed by atoms with Gasteiger partial charge in [-0.3, -0.25) is 0 Å². The number of fused-ring (bicyclic) bond motifs is 1. The van der Waals surface area contributed by atoms with E-state index in [0.717, 1.165) is 0 Å². The Morgan fingerprint density at radius 2 is 1.86 bits per heavy atom. The first-order valence-electron chi connectivity index (χ1n) is 6.60. The Morgan fingerprint density at radius 3 is 2.59 bits per heavy atom. The molecule has 0 aliphatic rings. The summed E-state index contributed by atoms with van der Waals surface area (Å²) in [6.07, 6.45) is 0. The van der Waals surface area contributed by atoms with Gasteiger partial charge in [0.2, 0.25) is 5.75 Å². The fraction of sp³-hybridized carbons (Fsp3) is 0.0588. The number of aryl methyl sites for hydroxylation is 1. The number of phenolic OH excluding ortho intramolecular Hbond substituents is 1. The molecule has 1 heterocycles. The van der Waals surface area contributed by atoms with E-state index in [0.29, 0.717) is 16.5 Å². The van der Waals surface area contributed by atoms with Gasteiger partial charge in [0, 0.05) is 17.0 Å². The quantitative estimate of drug-likeness (QED) is 0.581. The maximum atomic E-state index is 12.1. The van der Waals surface area contributed by atoms with Crippen molar-refractivity contribution in [2.24, 2.45) is 0 Å². The second-order valence-corrected chi connectivity index (χ2v) is 4.78. The molecule has 0 atom stereocenters. The molecule has 22 heavy (non-hydrogen) atoms. The normalized spacial score (nSPS) is 10.6. The molecule has 0 aliphatic carbocycles. The van der Waals surface area contributed by atoms with Crippen LogP contribution in [0.3, 0.4) is 0 Å². The summed E-state index contributed by atoms with van der Waals surface area (Å²) >= 11 is 0. The fourth-order valence-electron chi connectivity index (χ4n) is 2.17. The van der Waals surface area contributed by atoms with Crippen molar-refractivity contribution in [1.29, 1.82) is 0 Å². The van der Waals surface area contributed by atoms with Crippen molar-refractivity contribution in [3.8, 4) is 11.5 Å². The predicted octanol–water partition coefficient (Wildman–Crippen LogP) is 3.03. The molecule has 0 radical (unpaired) electrons. The van der Waals surface area contributed by atoms with Gasteiger partial charge >= 0.3 is 11.6 Å². The topological polar surface area (TPSA) is 76.7 Å².